The van der Waals surface area contributed by atoms with Crippen LogP contribution in [0.1, 0.15) is 12.8 Å². The Morgan fingerprint density at radius 1 is 1.69 bits per heavy atom. The highest BCUT2D eigenvalue weighted by atomic mass is 32.2. The van der Waals surface area contributed by atoms with E-state index >= 15 is 0 Å². The first kappa shape index (κ1) is 11.6. The largest absolute Gasteiger partial charge is 0.411 e. The van der Waals surface area contributed by atoms with Crippen molar-refractivity contribution in [1.29, 1.82) is 0 Å². The average Bonchev–Trinajstić information content (AvgIpc) is 2.75. The minimum absolute atomic E-state index is 0.0169. The van der Waals surface area contributed by atoms with Gasteiger partial charge in [-0.25, -0.2) is 4.40 Å². The molecule has 0 aromatic rings. The van der Waals surface area contributed by atoms with Gasteiger partial charge in [-0.2, -0.15) is 0 Å². The molecule has 0 bridgehead atoms. The van der Waals surface area contributed by atoms with Crippen LogP contribution in [-0.4, -0.2) is 32.9 Å². The Morgan fingerprint density at radius 2 is 2.56 bits per heavy atom. The standard InChI is InChI=1S/C10H13N3OS2/c14-11-7-6-10(4-2-1-3-5-10)13-8-12-16-9(13)15/h1-4,7-9,14-15H,5-6H2. The number of hydrogen-bond acceptors (Lipinski definition) is 6. The number of rotatable bonds is 3. The number of nitrogens with zero attached hydrogens (tertiary/aromatic N) is 3. The van der Waals surface area contributed by atoms with E-state index in [0.29, 0.717) is 6.42 Å². The molecule has 2 atom stereocenters. The summed E-state index contributed by atoms with van der Waals surface area (Å²) in [6.45, 7) is 0. The molecule has 0 fully saturated rings. The van der Waals surface area contributed by atoms with Gasteiger partial charge in [0.1, 0.15) is 11.0 Å². The molecule has 2 aliphatic rings. The molecule has 86 valence electrons. The lowest BCUT2D eigenvalue weighted by molar-refractivity contribution is 0.264. The molecule has 0 amide bonds. The summed E-state index contributed by atoms with van der Waals surface area (Å²) in [6, 6.07) is 0. The minimum Gasteiger partial charge on any atom is -0.411 e. The van der Waals surface area contributed by atoms with Crippen molar-refractivity contribution in [2.75, 3.05) is 0 Å². The van der Waals surface area contributed by atoms with Crippen LogP contribution in [0.2, 0.25) is 0 Å². The SMILES string of the molecule is ON=CCC1(N2C=NSC2S)C=CC=CC1. The van der Waals surface area contributed by atoms with Gasteiger partial charge >= 0.3 is 0 Å². The predicted octanol–water partition coefficient (Wildman–Crippen LogP) is 2.30. The molecule has 0 spiro atoms. The van der Waals surface area contributed by atoms with E-state index in [2.05, 4.69) is 39.2 Å². The molecule has 2 rings (SSSR count). The maximum Gasteiger partial charge on any atom is 0.142 e. The smallest absolute Gasteiger partial charge is 0.142 e. The van der Waals surface area contributed by atoms with E-state index in [1.54, 1.807) is 6.34 Å². The molecule has 1 N–H and O–H groups in total. The number of hydrogen-bond donors (Lipinski definition) is 2. The molecule has 0 saturated heterocycles. The Kier molecular flexibility index (Phi) is 3.60. The molecule has 0 radical (unpaired) electrons. The summed E-state index contributed by atoms with van der Waals surface area (Å²) in [4.78, 5) is 2.09. The quantitative estimate of drug-likeness (QED) is 0.267. The molecule has 1 aliphatic heterocycles. The van der Waals surface area contributed by atoms with Crippen LogP contribution in [0.5, 0.6) is 0 Å². The second-order valence-corrected chi connectivity index (χ2v) is 5.36. The highest BCUT2D eigenvalue weighted by Crippen LogP contribution is 2.37. The minimum atomic E-state index is -0.208. The van der Waals surface area contributed by atoms with Crippen molar-refractivity contribution in [3.8, 4) is 0 Å². The first-order chi connectivity index (χ1) is 7.78. The summed E-state index contributed by atoms with van der Waals surface area (Å²) >= 11 is 5.90. The van der Waals surface area contributed by atoms with Crippen LogP contribution in [0.25, 0.3) is 0 Å². The first-order valence-corrected chi connectivity index (χ1v) is 6.30. The van der Waals surface area contributed by atoms with Gasteiger partial charge < -0.3 is 10.1 Å². The van der Waals surface area contributed by atoms with Gasteiger partial charge in [0, 0.05) is 24.6 Å². The van der Waals surface area contributed by atoms with E-state index in [-0.39, 0.29) is 10.2 Å². The number of allylic oxidation sites excluding steroid dienone is 2. The first-order valence-electron chi connectivity index (χ1n) is 4.95. The van der Waals surface area contributed by atoms with E-state index in [1.165, 1.54) is 18.2 Å². The lowest BCUT2D eigenvalue weighted by atomic mass is 9.87. The van der Waals surface area contributed by atoms with Gasteiger partial charge in [-0.15, -0.1) is 17.8 Å². The van der Waals surface area contributed by atoms with E-state index < -0.39 is 0 Å². The predicted molar refractivity (Wildman–Crippen MR) is 71.2 cm³/mol. The topological polar surface area (TPSA) is 48.2 Å². The lowest BCUT2D eigenvalue weighted by Crippen LogP contribution is -2.48. The summed E-state index contributed by atoms with van der Waals surface area (Å²) < 4.78 is 4.17. The fourth-order valence-electron chi connectivity index (χ4n) is 1.88. The van der Waals surface area contributed by atoms with Gasteiger partial charge in [0.25, 0.3) is 0 Å². The molecular weight excluding hydrogens is 242 g/mol. The molecule has 1 aliphatic carbocycles. The molecule has 6 heteroatoms. The Balaban J connectivity index is 2.23. The fraction of sp³-hybridized carbons (Fsp3) is 0.400. The normalized spacial score (nSPS) is 33.1. The third-order valence-electron chi connectivity index (χ3n) is 2.73. The maximum absolute atomic E-state index is 8.57. The highest BCUT2D eigenvalue weighted by molar-refractivity contribution is 8.09. The van der Waals surface area contributed by atoms with Crippen molar-refractivity contribution in [3.05, 3.63) is 24.3 Å². The van der Waals surface area contributed by atoms with E-state index in [1.807, 2.05) is 12.2 Å². The van der Waals surface area contributed by atoms with Gasteiger partial charge in [-0.1, -0.05) is 24.3 Å². The Bertz CT molecular complexity index is 367. The van der Waals surface area contributed by atoms with Gasteiger partial charge in [-0.3, -0.25) is 0 Å². The molecule has 0 saturated carbocycles. The summed E-state index contributed by atoms with van der Waals surface area (Å²) in [7, 11) is 0. The van der Waals surface area contributed by atoms with Crippen molar-refractivity contribution in [2.45, 2.75) is 23.1 Å². The van der Waals surface area contributed by atoms with Gasteiger partial charge in [-0.05, 0) is 6.42 Å². The average molecular weight is 255 g/mol. The van der Waals surface area contributed by atoms with E-state index in [9.17, 15) is 0 Å². The monoisotopic (exact) mass is 255 g/mol. The van der Waals surface area contributed by atoms with Crippen molar-refractivity contribution in [1.82, 2.24) is 4.90 Å². The van der Waals surface area contributed by atoms with Gasteiger partial charge in [0.15, 0.2) is 0 Å². The summed E-state index contributed by atoms with van der Waals surface area (Å²) in [5.41, 5.74) is -0.208. The zero-order valence-corrected chi connectivity index (χ0v) is 10.3. The third-order valence-corrected chi connectivity index (χ3v) is 3.89. The second kappa shape index (κ2) is 4.97. The van der Waals surface area contributed by atoms with Crippen molar-refractivity contribution >= 4 is 37.1 Å². The third kappa shape index (κ3) is 2.12. The van der Waals surface area contributed by atoms with E-state index in [4.69, 9.17) is 5.21 Å². The lowest BCUT2D eigenvalue weighted by Gasteiger charge is -2.40. The molecular formula is C10H13N3OS2. The maximum atomic E-state index is 8.57. The number of oxime groups is 1. The van der Waals surface area contributed by atoms with Crippen LogP contribution >= 0.6 is 24.6 Å². The Labute approximate surface area is 104 Å². The zero-order chi connectivity index (χ0) is 11.4. The van der Waals surface area contributed by atoms with Crippen molar-refractivity contribution in [3.63, 3.8) is 0 Å². The molecule has 1 heterocycles. The van der Waals surface area contributed by atoms with Crippen molar-refractivity contribution < 1.29 is 5.21 Å². The Morgan fingerprint density at radius 3 is 3.12 bits per heavy atom. The van der Waals surface area contributed by atoms with Crippen LogP contribution in [0.3, 0.4) is 0 Å². The number of thiol groups is 1. The Hall–Kier alpha value is -0.880. The van der Waals surface area contributed by atoms with Crippen LogP contribution in [0.15, 0.2) is 33.9 Å². The highest BCUT2D eigenvalue weighted by Gasteiger charge is 2.37. The van der Waals surface area contributed by atoms with Crippen LogP contribution in [0, 0.1) is 0 Å². The molecule has 0 aromatic heterocycles. The van der Waals surface area contributed by atoms with Crippen LogP contribution in [0.4, 0.5) is 0 Å². The van der Waals surface area contributed by atoms with E-state index in [0.717, 1.165) is 6.42 Å². The van der Waals surface area contributed by atoms with Gasteiger partial charge in [0.05, 0.1) is 5.54 Å². The van der Waals surface area contributed by atoms with Crippen molar-refractivity contribution in [2.24, 2.45) is 9.55 Å². The zero-order valence-electron chi connectivity index (χ0n) is 8.60. The van der Waals surface area contributed by atoms with Crippen LogP contribution in [-0.2, 0) is 0 Å². The van der Waals surface area contributed by atoms with Gasteiger partial charge in [0.2, 0.25) is 0 Å². The fourth-order valence-corrected chi connectivity index (χ4v) is 2.96. The molecule has 16 heavy (non-hydrogen) atoms. The second-order valence-electron chi connectivity index (χ2n) is 3.66. The molecule has 0 aromatic carbocycles. The van der Waals surface area contributed by atoms with Crippen LogP contribution < -0.4 is 0 Å². The summed E-state index contributed by atoms with van der Waals surface area (Å²) in [5.74, 6) is 0. The summed E-state index contributed by atoms with van der Waals surface area (Å²) in [6.07, 6.45) is 13.0. The summed E-state index contributed by atoms with van der Waals surface area (Å²) in [5, 5.41) is 11.7. The molecule has 4 nitrogen and oxygen atoms in total. The molecule has 2 unspecified atom stereocenters.